The number of hydrogen-bond donors (Lipinski definition) is 4. The number of amides is 3. The molecule has 11 heteroatoms. The molecule has 47 heavy (non-hydrogen) atoms. The highest BCUT2D eigenvalue weighted by molar-refractivity contribution is 7.53. The largest absolute Gasteiger partial charge is 0.342 e. The molecule has 0 aliphatic carbocycles. The van der Waals surface area contributed by atoms with Crippen LogP contribution >= 0.6 is 7.60 Å². The summed E-state index contributed by atoms with van der Waals surface area (Å²) in [5.74, 6) is -1.33. The van der Waals surface area contributed by atoms with E-state index in [9.17, 15) is 28.7 Å². The van der Waals surface area contributed by atoms with Gasteiger partial charge in [-0.05, 0) is 64.2 Å². The molecule has 3 amide bonds. The lowest BCUT2D eigenvalue weighted by molar-refractivity contribution is -0.125. The summed E-state index contributed by atoms with van der Waals surface area (Å²) in [6, 6.07) is 32.5. The molecule has 2 aliphatic heterocycles. The van der Waals surface area contributed by atoms with Gasteiger partial charge in [0.05, 0.1) is 17.9 Å². The summed E-state index contributed by atoms with van der Waals surface area (Å²) in [7, 11) is -5.01. The lowest BCUT2D eigenvalue weighted by atomic mass is 9.85. The second-order valence-electron chi connectivity index (χ2n) is 12.0. The standard InChI is InChI=1S/C36H33N4O6P/c41-33(32(47(44,45)46)29-16-8-12-24-9-6-7-15-28(24)29)38-31-22-26-11-5-4-10-25(26)21-30(31)34(42)39-19-17-36(18-20-39)35(43)37-23-40(36)27-13-2-1-3-14-27/h1-16,21-22,32H,17-20,23H2,(H,37,43)(H,38,41)(H2,44,45,46). The van der Waals surface area contributed by atoms with Crippen LogP contribution in [0.15, 0.2) is 109 Å². The van der Waals surface area contributed by atoms with E-state index in [-0.39, 0.29) is 28.6 Å². The predicted molar refractivity (Wildman–Crippen MR) is 181 cm³/mol. The maximum atomic E-state index is 14.2. The lowest BCUT2D eigenvalue weighted by Gasteiger charge is -2.43. The minimum absolute atomic E-state index is 0.0657. The first-order valence-electron chi connectivity index (χ1n) is 15.4. The number of benzene rings is 5. The van der Waals surface area contributed by atoms with Crippen LogP contribution in [0.2, 0.25) is 0 Å². The molecule has 10 nitrogen and oxygen atoms in total. The molecular formula is C36H33N4O6P. The number of carbonyl (C=O) groups excluding carboxylic acids is 3. The highest BCUT2D eigenvalue weighted by Gasteiger charge is 2.51. The zero-order valence-corrected chi connectivity index (χ0v) is 26.3. The van der Waals surface area contributed by atoms with Crippen LogP contribution in [0, 0.1) is 0 Å². The quantitative estimate of drug-likeness (QED) is 0.180. The third-order valence-electron chi connectivity index (χ3n) is 9.36. The van der Waals surface area contributed by atoms with Crippen LogP contribution in [0.3, 0.4) is 0 Å². The number of anilines is 2. The summed E-state index contributed by atoms with van der Waals surface area (Å²) in [6.45, 7) is 0.989. The van der Waals surface area contributed by atoms with E-state index in [4.69, 9.17) is 0 Å². The first kappa shape index (κ1) is 30.6. The van der Waals surface area contributed by atoms with Crippen LogP contribution in [0.25, 0.3) is 21.5 Å². The van der Waals surface area contributed by atoms with E-state index < -0.39 is 24.7 Å². The smallest absolute Gasteiger partial charge is 0.339 e. The van der Waals surface area contributed by atoms with Crippen molar-refractivity contribution in [2.24, 2.45) is 0 Å². The van der Waals surface area contributed by atoms with E-state index in [1.807, 2.05) is 72.8 Å². The molecule has 0 saturated carbocycles. The highest BCUT2D eigenvalue weighted by Crippen LogP contribution is 2.53. The van der Waals surface area contributed by atoms with E-state index in [0.717, 1.165) is 21.8 Å². The average molecular weight is 649 g/mol. The maximum absolute atomic E-state index is 14.2. The lowest BCUT2D eigenvalue weighted by Crippen LogP contribution is -2.57. The van der Waals surface area contributed by atoms with Gasteiger partial charge < -0.3 is 30.2 Å². The second-order valence-corrected chi connectivity index (χ2v) is 13.7. The monoisotopic (exact) mass is 648 g/mol. The summed E-state index contributed by atoms with van der Waals surface area (Å²) in [6.07, 6.45) is 0.826. The fraction of sp³-hybridized carbons (Fsp3) is 0.194. The van der Waals surface area contributed by atoms with E-state index in [1.54, 1.807) is 41.3 Å². The Morgan fingerprint density at radius 2 is 1.43 bits per heavy atom. The van der Waals surface area contributed by atoms with Crippen molar-refractivity contribution in [2.45, 2.75) is 24.0 Å². The molecule has 2 heterocycles. The fourth-order valence-corrected chi connectivity index (χ4v) is 7.93. The Kier molecular flexibility index (Phi) is 7.80. The minimum Gasteiger partial charge on any atom is -0.339 e. The Balaban J connectivity index is 1.21. The normalized spacial score (nSPS) is 16.8. The molecule has 7 rings (SSSR count). The molecule has 0 aromatic heterocycles. The summed E-state index contributed by atoms with van der Waals surface area (Å²) in [5.41, 5.74) is -1.11. The zero-order chi connectivity index (χ0) is 32.8. The Morgan fingerprint density at radius 3 is 2.13 bits per heavy atom. The Hall–Kier alpha value is -5.02. The van der Waals surface area contributed by atoms with Crippen molar-refractivity contribution >= 4 is 58.2 Å². The molecule has 1 unspecified atom stereocenters. The first-order chi connectivity index (χ1) is 22.7. The molecule has 2 saturated heterocycles. The average Bonchev–Trinajstić information content (AvgIpc) is 3.38. The number of para-hydroxylation sites is 1. The number of likely N-dealkylation sites (tertiary alicyclic amines) is 1. The van der Waals surface area contributed by atoms with Crippen molar-refractivity contribution in [1.82, 2.24) is 10.2 Å². The molecule has 0 radical (unpaired) electrons. The van der Waals surface area contributed by atoms with Crippen LogP contribution in [-0.4, -0.2) is 57.7 Å². The molecule has 4 N–H and O–H groups in total. The van der Waals surface area contributed by atoms with Crippen LogP contribution in [0.4, 0.5) is 11.4 Å². The number of nitrogens with one attached hydrogen (secondary N) is 2. The summed E-state index contributed by atoms with van der Waals surface area (Å²) < 4.78 is 12.9. The number of nitrogens with zero attached hydrogens (tertiary/aromatic N) is 2. The van der Waals surface area contributed by atoms with Crippen LogP contribution < -0.4 is 15.5 Å². The molecule has 238 valence electrons. The summed E-state index contributed by atoms with van der Waals surface area (Å²) >= 11 is 0. The van der Waals surface area contributed by atoms with Gasteiger partial charge in [-0.1, -0.05) is 84.9 Å². The van der Waals surface area contributed by atoms with E-state index in [1.165, 1.54) is 0 Å². The van der Waals surface area contributed by atoms with Crippen molar-refractivity contribution < 1.29 is 28.7 Å². The van der Waals surface area contributed by atoms with Gasteiger partial charge >= 0.3 is 7.60 Å². The van der Waals surface area contributed by atoms with Gasteiger partial charge in [0.2, 0.25) is 11.8 Å². The van der Waals surface area contributed by atoms with E-state index >= 15 is 0 Å². The number of hydrogen-bond acceptors (Lipinski definition) is 5. The van der Waals surface area contributed by atoms with Gasteiger partial charge in [-0.2, -0.15) is 0 Å². The Morgan fingerprint density at radius 1 is 0.809 bits per heavy atom. The molecule has 0 bridgehead atoms. The Labute approximate surface area is 271 Å². The molecule has 1 spiro atoms. The number of rotatable bonds is 6. The van der Waals surface area contributed by atoms with Crippen LogP contribution in [-0.2, 0) is 14.2 Å². The first-order valence-corrected chi connectivity index (χ1v) is 17.1. The number of fused-ring (bicyclic) bond motifs is 2. The fourth-order valence-electron chi connectivity index (χ4n) is 6.97. The second kappa shape index (κ2) is 12.0. The summed E-state index contributed by atoms with van der Waals surface area (Å²) in [5, 5.41) is 8.51. The van der Waals surface area contributed by atoms with Crippen molar-refractivity contribution in [3.05, 3.63) is 120 Å². The van der Waals surface area contributed by atoms with Crippen LogP contribution in [0.1, 0.15) is 34.4 Å². The van der Waals surface area contributed by atoms with E-state index in [0.29, 0.717) is 38.0 Å². The van der Waals surface area contributed by atoms with Crippen molar-refractivity contribution in [3.63, 3.8) is 0 Å². The maximum Gasteiger partial charge on any atom is 0.342 e. The molecule has 2 fully saturated rings. The van der Waals surface area contributed by atoms with E-state index in [2.05, 4.69) is 15.5 Å². The van der Waals surface area contributed by atoms with Crippen molar-refractivity contribution in [3.8, 4) is 0 Å². The van der Waals surface area contributed by atoms with Crippen LogP contribution in [0.5, 0.6) is 0 Å². The van der Waals surface area contributed by atoms with Gasteiger partial charge in [-0.3, -0.25) is 18.9 Å². The van der Waals surface area contributed by atoms with Gasteiger partial charge in [0.1, 0.15) is 5.54 Å². The topological polar surface area (TPSA) is 139 Å². The molecular weight excluding hydrogens is 615 g/mol. The summed E-state index contributed by atoms with van der Waals surface area (Å²) in [4.78, 5) is 65.9. The highest BCUT2D eigenvalue weighted by atomic mass is 31.2. The minimum atomic E-state index is -5.01. The van der Waals surface area contributed by atoms with Crippen molar-refractivity contribution in [1.29, 1.82) is 0 Å². The predicted octanol–water partition coefficient (Wildman–Crippen LogP) is 5.42. The van der Waals surface area contributed by atoms with Gasteiger partial charge in [0.25, 0.3) is 5.91 Å². The van der Waals surface area contributed by atoms with Gasteiger partial charge in [0.15, 0.2) is 5.66 Å². The van der Waals surface area contributed by atoms with Crippen molar-refractivity contribution in [2.75, 3.05) is 30.0 Å². The zero-order valence-electron chi connectivity index (χ0n) is 25.4. The Bertz CT molecular complexity index is 2070. The third kappa shape index (κ3) is 5.54. The molecule has 5 aromatic rings. The molecule has 5 aromatic carbocycles. The SMILES string of the molecule is O=C(Nc1cc2ccccc2cc1C(=O)N1CCC2(CC1)C(=O)NCN2c1ccccc1)C(c1cccc2ccccc12)P(=O)(O)O. The van der Waals surface area contributed by atoms with Gasteiger partial charge in [-0.25, -0.2) is 0 Å². The third-order valence-corrected chi connectivity index (χ3v) is 10.5. The number of piperidine rings is 1. The molecule has 1 atom stereocenters. The number of carbonyl (C=O) groups is 3. The van der Waals surface area contributed by atoms with Gasteiger partial charge in [0, 0.05) is 18.8 Å². The van der Waals surface area contributed by atoms with Gasteiger partial charge in [-0.15, -0.1) is 0 Å². The molecule has 2 aliphatic rings.